The second kappa shape index (κ2) is 7.21. The summed E-state index contributed by atoms with van der Waals surface area (Å²) in [4.78, 5) is 11.5. The van der Waals surface area contributed by atoms with Crippen LogP contribution in [0.1, 0.15) is 55.5 Å². The van der Waals surface area contributed by atoms with Gasteiger partial charge in [-0.25, -0.2) is 0 Å². The van der Waals surface area contributed by atoms with Gasteiger partial charge >= 0.3 is 0 Å². The smallest absolute Gasteiger partial charge is 0.166 e. The average Bonchev–Trinajstić information content (AvgIpc) is 2.34. The van der Waals surface area contributed by atoms with E-state index in [9.17, 15) is 4.79 Å². The highest BCUT2D eigenvalue weighted by Gasteiger charge is 2.03. The van der Waals surface area contributed by atoms with Crippen LogP contribution in [-0.2, 0) is 6.42 Å². The van der Waals surface area contributed by atoms with Crippen molar-refractivity contribution >= 4 is 5.78 Å². The van der Waals surface area contributed by atoms with Gasteiger partial charge in [-0.3, -0.25) is 4.79 Å². The third-order valence-electron chi connectivity index (χ3n) is 2.79. The van der Waals surface area contributed by atoms with Crippen LogP contribution in [-0.4, -0.2) is 5.78 Å². The van der Waals surface area contributed by atoms with E-state index in [1.165, 1.54) is 31.2 Å². The lowest BCUT2D eigenvalue weighted by molar-refractivity contribution is 0.103. The van der Waals surface area contributed by atoms with Gasteiger partial charge in [0.1, 0.15) is 0 Å². The van der Waals surface area contributed by atoms with Gasteiger partial charge in [0.15, 0.2) is 5.78 Å². The molecule has 0 spiro atoms. The number of ketones is 1. The van der Waals surface area contributed by atoms with Crippen molar-refractivity contribution in [1.82, 2.24) is 0 Å². The van der Waals surface area contributed by atoms with Crippen molar-refractivity contribution in [1.29, 1.82) is 0 Å². The van der Waals surface area contributed by atoms with E-state index in [2.05, 4.69) is 13.0 Å². The fourth-order valence-corrected chi connectivity index (χ4v) is 1.80. The van der Waals surface area contributed by atoms with Crippen molar-refractivity contribution in [3.8, 4) is 0 Å². The van der Waals surface area contributed by atoms with Crippen molar-refractivity contribution in [2.45, 2.75) is 46.0 Å². The number of Topliss-reactive ketones (excluding diaryl/α,β-unsaturated/α-hetero) is 1. The van der Waals surface area contributed by atoms with E-state index in [0.29, 0.717) is 0 Å². The molecule has 0 aliphatic rings. The van der Waals surface area contributed by atoms with Gasteiger partial charge in [-0.2, -0.15) is 0 Å². The van der Waals surface area contributed by atoms with E-state index in [1.54, 1.807) is 13.3 Å². The Hall–Kier alpha value is -1.11. The van der Waals surface area contributed by atoms with Gasteiger partial charge < -0.3 is 0 Å². The van der Waals surface area contributed by atoms with Crippen LogP contribution < -0.4 is 0 Å². The Kier molecular flexibility index (Phi) is 5.84. The summed E-state index contributed by atoms with van der Waals surface area (Å²) in [5.41, 5.74) is 2.10. The number of hydrogen-bond donors (Lipinski definition) is 0. The number of aryl methyl sites for hydroxylation is 1. The fraction of sp³-hybridized carbons (Fsp3) is 0.467. The van der Waals surface area contributed by atoms with Crippen LogP contribution in [0.15, 0.2) is 24.3 Å². The molecule has 0 bridgehead atoms. The summed E-state index contributed by atoms with van der Waals surface area (Å²) in [5, 5.41) is 0. The van der Waals surface area contributed by atoms with Crippen LogP contribution in [0.4, 0.5) is 0 Å². The second-order valence-electron chi connectivity index (χ2n) is 4.16. The first-order valence-corrected chi connectivity index (χ1v) is 6.20. The standard InChI is InChI=1S/C15H21O/c1-3-5-6-7-9-13-10-8-11-14(12-13)15(16)4-2/h4,8,10-12H,3,5-7,9H2,1-2H3. The molecular formula is C15H21O. The average molecular weight is 217 g/mol. The minimum absolute atomic E-state index is 0.121. The molecule has 1 radical (unpaired) electrons. The first-order valence-electron chi connectivity index (χ1n) is 6.20. The van der Waals surface area contributed by atoms with Crippen LogP contribution in [0, 0.1) is 6.42 Å². The van der Waals surface area contributed by atoms with Crippen molar-refractivity contribution < 1.29 is 4.79 Å². The highest BCUT2D eigenvalue weighted by atomic mass is 16.1. The van der Waals surface area contributed by atoms with Gasteiger partial charge in [-0.15, -0.1) is 0 Å². The summed E-state index contributed by atoms with van der Waals surface area (Å²) in [5.74, 6) is 0.121. The van der Waals surface area contributed by atoms with Crippen LogP contribution in [0.3, 0.4) is 0 Å². The zero-order chi connectivity index (χ0) is 11.8. The quantitative estimate of drug-likeness (QED) is 0.494. The zero-order valence-corrected chi connectivity index (χ0v) is 10.3. The zero-order valence-electron chi connectivity index (χ0n) is 10.3. The topological polar surface area (TPSA) is 17.1 Å². The van der Waals surface area contributed by atoms with Crippen molar-refractivity contribution in [2.24, 2.45) is 0 Å². The first kappa shape index (κ1) is 13.0. The molecule has 0 saturated heterocycles. The van der Waals surface area contributed by atoms with Crippen molar-refractivity contribution in [3.05, 3.63) is 41.8 Å². The molecule has 0 saturated carbocycles. The van der Waals surface area contributed by atoms with Crippen LogP contribution >= 0.6 is 0 Å². The lowest BCUT2D eigenvalue weighted by atomic mass is 10.0. The largest absolute Gasteiger partial charge is 0.294 e. The third kappa shape index (κ3) is 4.18. The predicted molar refractivity (Wildman–Crippen MR) is 68.6 cm³/mol. The molecule has 87 valence electrons. The summed E-state index contributed by atoms with van der Waals surface area (Å²) in [6.07, 6.45) is 7.79. The maximum absolute atomic E-state index is 11.5. The van der Waals surface area contributed by atoms with E-state index in [4.69, 9.17) is 0 Å². The Labute approximate surface area is 98.9 Å². The van der Waals surface area contributed by atoms with Gasteiger partial charge in [-0.05, 0) is 24.5 Å². The van der Waals surface area contributed by atoms with Crippen LogP contribution in [0.5, 0.6) is 0 Å². The summed E-state index contributed by atoms with van der Waals surface area (Å²) < 4.78 is 0. The molecule has 0 unspecified atom stereocenters. The Morgan fingerprint density at radius 1 is 1.25 bits per heavy atom. The molecule has 1 aromatic rings. The SMILES string of the molecule is C[CH]C(=O)c1cccc(CCCCCC)c1. The number of carbonyl (C=O) groups excluding carboxylic acids is 1. The molecule has 1 nitrogen and oxygen atoms in total. The van der Waals surface area contributed by atoms with Crippen LogP contribution in [0.2, 0.25) is 0 Å². The molecule has 0 aromatic heterocycles. The fourth-order valence-electron chi connectivity index (χ4n) is 1.80. The predicted octanol–water partition coefficient (Wildman–Crippen LogP) is 4.22. The highest BCUT2D eigenvalue weighted by molar-refractivity contribution is 6.02. The Balaban J connectivity index is 2.50. The molecule has 0 amide bonds. The highest BCUT2D eigenvalue weighted by Crippen LogP contribution is 2.11. The molecule has 16 heavy (non-hydrogen) atoms. The number of carbonyl (C=O) groups is 1. The molecule has 0 aliphatic heterocycles. The van der Waals surface area contributed by atoms with E-state index >= 15 is 0 Å². The number of benzene rings is 1. The molecule has 0 fully saturated rings. The first-order chi connectivity index (χ1) is 7.77. The monoisotopic (exact) mass is 217 g/mol. The molecule has 0 aliphatic carbocycles. The lowest BCUT2D eigenvalue weighted by Crippen LogP contribution is -1.98. The normalized spacial score (nSPS) is 10.4. The van der Waals surface area contributed by atoms with Gasteiger partial charge in [0, 0.05) is 12.0 Å². The molecule has 1 aromatic carbocycles. The van der Waals surface area contributed by atoms with E-state index in [0.717, 1.165) is 12.0 Å². The van der Waals surface area contributed by atoms with Gasteiger partial charge in [0.05, 0.1) is 0 Å². The van der Waals surface area contributed by atoms with Crippen molar-refractivity contribution in [2.75, 3.05) is 0 Å². The van der Waals surface area contributed by atoms with Crippen molar-refractivity contribution in [3.63, 3.8) is 0 Å². The maximum Gasteiger partial charge on any atom is 0.166 e. The van der Waals surface area contributed by atoms with E-state index in [1.807, 2.05) is 18.2 Å². The van der Waals surface area contributed by atoms with Gasteiger partial charge in [0.2, 0.25) is 0 Å². The third-order valence-corrected chi connectivity index (χ3v) is 2.79. The molecular weight excluding hydrogens is 196 g/mol. The summed E-state index contributed by atoms with van der Waals surface area (Å²) in [6, 6.07) is 8.00. The Morgan fingerprint density at radius 3 is 2.75 bits per heavy atom. The van der Waals surface area contributed by atoms with Gasteiger partial charge in [-0.1, -0.05) is 51.3 Å². The molecule has 1 heteroatoms. The van der Waals surface area contributed by atoms with E-state index < -0.39 is 0 Å². The Morgan fingerprint density at radius 2 is 2.06 bits per heavy atom. The Bertz CT molecular complexity index is 328. The van der Waals surface area contributed by atoms with Gasteiger partial charge in [0.25, 0.3) is 0 Å². The minimum atomic E-state index is 0.121. The molecule has 0 N–H and O–H groups in total. The minimum Gasteiger partial charge on any atom is -0.294 e. The summed E-state index contributed by atoms with van der Waals surface area (Å²) in [6.45, 7) is 4.01. The van der Waals surface area contributed by atoms with Crippen LogP contribution in [0.25, 0.3) is 0 Å². The summed E-state index contributed by atoms with van der Waals surface area (Å²) >= 11 is 0. The summed E-state index contributed by atoms with van der Waals surface area (Å²) in [7, 11) is 0. The molecule has 0 heterocycles. The number of unbranched alkanes of at least 4 members (excludes halogenated alkanes) is 3. The molecule has 1 rings (SSSR count). The molecule has 0 atom stereocenters. The lowest BCUT2D eigenvalue weighted by Gasteiger charge is -2.03. The van der Waals surface area contributed by atoms with E-state index in [-0.39, 0.29) is 5.78 Å². The number of hydrogen-bond acceptors (Lipinski definition) is 1. The maximum atomic E-state index is 11.5. The second-order valence-corrected chi connectivity index (χ2v) is 4.16. The number of rotatable bonds is 7.